The summed E-state index contributed by atoms with van der Waals surface area (Å²) in [5.74, 6) is 1.48. The lowest BCUT2D eigenvalue weighted by Crippen LogP contribution is -2.33. The Morgan fingerprint density at radius 3 is 2.88 bits per heavy atom. The van der Waals surface area contributed by atoms with Crippen molar-refractivity contribution in [2.24, 2.45) is 0 Å². The van der Waals surface area contributed by atoms with Gasteiger partial charge in [-0.3, -0.25) is 0 Å². The summed E-state index contributed by atoms with van der Waals surface area (Å²) in [5.41, 5.74) is 1.60. The Morgan fingerprint density at radius 1 is 1.38 bits per heavy atom. The van der Waals surface area contributed by atoms with E-state index < -0.39 is 12.1 Å². The van der Waals surface area contributed by atoms with E-state index in [1.54, 1.807) is 6.08 Å². The number of ether oxygens (including phenoxy) is 2. The van der Waals surface area contributed by atoms with Gasteiger partial charge < -0.3 is 19.5 Å². The normalized spacial score (nSPS) is 20.1. The highest BCUT2D eigenvalue weighted by atomic mass is 16.5. The molecule has 0 radical (unpaired) electrons. The molecule has 2 aliphatic rings. The fourth-order valence-corrected chi connectivity index (χ4v) is 2.98. The summed E-state index contributed by atoms with van der Waals surface area (Å²) in [6.07, 6.45) is 2.92. The summed E-state index contributed by atoms with van der Waals surface area (Å²) in [4.78, 5) is 24.9. The van der Waals surface area contributed by atoms with Crippen molar-refractivity contribution < 1.29 is 24.2 Å². The minimum absolute atomic E-state index is 0.0129. The van der Waals surface area contributed by atoms with Crippen molar-refractivity contribution in [3.63, 3.8) is 0 Å². The topological polar surface area (TPSA) is 76.1 Å². The average Bonchev–Trinajstić information content (AvgIpc) is 2.82. The van der Waals surface area contributed by atoms with Gasteiger partial charge in [0.1, 0.15) is 17.8 Å². The van der Waals surface area contributed by atoms with Crippen LogP contribution >= 0.6 is 0 Å². The van der Waals surface area contributed by atoms with Crippen LogP contribution in [0.1, 0.15) is 6.42 Å². The number of nitrogens with zero attached hydrogens (tertiary/aromatic N) is 1. The summed E-state index contributed by atoms with van der Waals surface area (Å²) in [6.45, 7) is 1.21. The maximum Gasteiger partial charge on any atom is 0.334 e. The van der Waals surface area contributed by atoms with Crippen molar-refractivity contribution in [2.45, 2.75) is 12.5 Å². The van der Waals surface area contributed by atoms with Crippen molar-refractivity contribution >= 4 is 17.6 Å². The van der Waals surface area contributed by atoms with E-state index in [1.165, 1.54) is 13.2 Å². The summed E-state index contributed by atoms with van der Waals surface area (Å²) in [7, 11) is 1.38. The SMILES string of the molecule is COC1C(=C=O)C(N2CCCOc3ccccc32)=CC=C1C(=O)O. The molecule has 1 atom stereocenters. The first kappa shape index (κ1) is 16.1. The third-order valence-corrected chi connectivity index (χ3v) is 4.06. The van der Waals surface area contributed by atoms with Crippen molar-refractivity contribution in [3.05, 3.63) is 53.3 Å². The molecule has 1 aliphatic heterocycles. The number of carboxylic acids is 1. The molecule has 24 heavy (non-hydrogen) atoms. The Kier molecular flexibility index (Phi) is 4.51. The number of methoxy groups -OCH3 is 1. The summed E-state index contributed by atoms with van der Waals surface area (Å²) < 4.78 is 11.0. The molecule has 1 aliphatic carbocycles. The minimum Gasteiger partial charge on any atom is -0.491 e. The van der Waals surface area contributed by atoms with Gasteiger partial charge in [0.15, 0.2) is 0 Å². The number of aliphatic carboxylic acids is 1. The summed E-state index contributed by atoms with van der Waals surface area (Å²) in [5, 5.41) is 9.30. The van der Waals surface area contributed by atoms with Gasteiger partial charge in [0.05, 0.1) is 29.1 Å². The van der Waals surface area contributed by atoms with Gasteiger partial charge >= 0.3 is 5.97 Å². The number of carbonyl (C=O) groups is 1. The molecule has 0 spiro atoms. The van der Waals surface area contributed by atoms with Crippen molar-refractivity contribution in [1.82, 2.24) is 0 Å². The second kappa shape index (κ2) is 6.74. The first-order chi connectivity index (χ1) is 11.7. The third-order valence-electron chi connectivity index (χ3n) is 4.06. The van der Waals surface area contributed by atoms with Crippen LogP contribution in [0.3, 0.4) is 0 Å². The van der Waals surface area contributed by atoms with E-state index in [1.807, 2.05) is 35.1 Å². The van der Waals surface area contributed by atoms with Crippen LogP contribution in [-0.2, 0) is 14.3 Å². The van der Waals surface area contributed by atoms with Crippen LogP contribution < -0.4 is 9.64 Å². The number of rotatable bonds is 3. The van der Waals surface area contributed by atoms with E-state index in [2.05, 4.69) is 0 Å². The van der Waals surface area contributed by atoms with Gasteiger partial charge in [-0.2, -0.15) is 0 Å². The zero-order valence-electron chi connectivity index (χ0n) is 13.2. The predicted octanol–water partition coefficient (Wildman–Crippen LogP) is 1.96. The first-order valence-corrected chi connectivity index (χ1v) is 7.60. The lowest BCUT2D eigenvalue weighted by Gasteiger charge is -2.31. The van der Waals surface area contributed by atoms with Crippen LogP contribution in [0.5, 0.6) is 5.75 Å². The lowest BCUT2D eigenvalue weighted by molar-refractivity contribution is -0.133. The number of hydrogen-bond donors (Lipinski definition) is 1. The van der Waals surface area contributed by atoms with Gasteiger partial charge in [0, 0.05) is 13.7 Å². The first-order valence-electron chi connectivity index (χ1n) is 7.60. The molecule has 1 unspecified atom stereocenters. The Balaban J connectivity index is 2.11. The quantitative estimate of drug-likeness (QED) is 0.855. The average molecular weight is 327 g/mol. The van der Waals surface area contributed by atoms with E-state index in [4.69, 9.17) is 9.47 Å². The van der Waals surface area contributed by atoms with Crippen LogP contribution in [0, 0.1) is 0 Å². The van der Waals surface area contributed by atoms with E-state index in [-0.39, 0.29) is 11.1 Å². The molecule has 0 bridgehead atoms. The number of allylic oxidation sites excluding steroid dienone is 2. The highest BCUT2D eigenvalue weighted by Crippen LogP contribution is 2.37. The maximum absolute atomic E-state index is 11.6. The Bertz CT molecular complexity index is 773. The fourth-order valence-electron chi connectivity index (χ4n) is 2.98. The Morgan fingerprint density at radius 2 is 2.17 bits per heavy atom. The molecule has 0 aromatic heterocycles. The Hall–Kier alpha value is -2.82. The number of carbonyl (C=O) groups excluding carboxylic acids is 1. The predicted molar refractivity (Wildman–Crippen MR) is 87.7 cm³/mol. The molecule has 1 aromatic rings. The van der Waals surface area contributed by atoms with Gasteiger partial charge in [-0.25, -0.2) is 9.59 Å². The largest absolute Gasteiger partial charge is 0.491 e. The van der Waals surface area contributed by atoms with Crippen molar-refractivity contribution in [2.75, 3.05) is 25.2 Å². The number of carboxylic acid groups (broad SMARTS) is 1. The molecule has 0 amide bonds. The molecule has 0 saturated carbocycles. The third kappa shape index (κ3) is 2.73. The van der Waals surface area contributed by atoms with Gasteiger partial charge in [0.25, 0.3) is 0 Å². The van der Waals surface area contributed by atoms with Crippen LogP contribution in [-0.4, -0.2) is 43.4 Å². The Labute approximate surface area is 139 Å². The minimum atomic E-state index is -1.12. The highest BCUT2D eigenvalue weighted by molar-refractivity contribution is 5.92. The van der Waals surface area contributed by atoms with Gasteiger partial charge in [-0.1, -0.05) is 12.1 Å². The van der Waals surface area contributed by atoms with E-state index >= 15 is 0 Å². The van der Waals surface area contributed by atoms with E-state index in [9.17, 15) is 14.7 Å². The standard InChI is InChI=1S/C18H17NO5/c1-23-17-12(18(21)22)7-8-14(13(17)11-20)19-9-4-10-24-16-6-3-2-5-15(16)19/h2-3,5-8,17H,4,9-10H2,1H3,(H,21,22). The molecule has 0 saturated heterocycles. The smallest absolute Gasteiger partial charge is 0.334 e. The van der Waals surface area contributed by atoms with Crippen LogP contribution in [0.2, 0.25) is 0 Å². The molecule has 124 valence electrons. The molecule has 1 heterocycles. The van der Waals surface area contributed by atoms with E-state index in [0.717, 1.165) is 17.9 Å². The van der Waals surface area contributed by atoms with Crippen LogP contribution in [0.4, 0.5) is 5.69 Å². The zero-order valence-corrected chi connectivity index (χ0v) is 13.2. The molecular weight excluding hydrogens is 310 g/mol. The number of fused-ring (bicyclic) bond motifs is 1. The highest BCUT2D eigenvalue weighted by Gasteiger charge is 2.33. The molecule has 1 N–H and O–H groups in total. The number of hydrogen-bond acceptors (Lipinski definition) is 5. The monoisotopic (exact) mass is 327 g/mol. The molecule has 0 fully saturated rings. The summed E-state index contributed by atoms with van der Waals surface area (Å²) >= 11 is 0. The fraction of sp³-hybridized carbons (Fsp3) is 0.278. The van der Waals surface area contributed by atoms with Gasteiger partial charge in [-0.05, 0) is 30.7 Å². The second-order valence-corrected chi connectivity index (χ2v) is 5.43. The molecular formula is C18H17NO5. The summed E-state index contributed by atoms with van der Waals surface area (Å²) in [6, 6.07) is 7.55. The molecule has 1 aromatic carbocycles. The van der Waals surface area contributed by atoms with E-state index in [0.29, 0.717) is 18.8 Å². The number of anilines is 1. The molecule has 6 nitrogen and oxygen atoms in total. The van der Waals surface area contributed by atoms with Crippen LogP contribution in [0.15, 0.2) is 53.3 Å². The molecule has 6 heteroatoms. The number of para-hydroxylation sites is 2. The van der Waals surface area contributed by atoms with Gasteiger partial charge in [-0.15, -0.1) is 0 Å². The molecule has 3 rings (SSSR count). The van der Waals surface area contributed by atoms with Gasteiger partial charge in [0.2, 0.25) is 0 Å². The van der Waals surface area contributed by atoms with Crippen molar-refractivity contribution in [1.29, 1.82) is 0 Å². The second-order valence-electron chi connectivity index (χ2n) is 5.43. The van der Waals surface area contributed by atoms with Crippen molar-refractivity contribution in [3.8, 4) is 5.75 Å². The van der Waals surface area contributed by atoms with Crippen LogP contribution in [0.25, 0.3) is 0 Å². The number of benzene rings is 1. The lowest BCUT2D eigenvalue weighted by atomic mass is 9.93. The zero-order chi connectivity index (χ0) is 17.1. The maximum atomic E-state index is 11.6.